The molecule has 0 unspecified atom stereocenters. The van der Waals surface area contributed by atoms with Crippen LogP contribution in [0.5, 0.6) is 17.2 Å². The van der Waals surface area contributed by atoms with Crippen molar-refractivity contribution in [2.75, 3.05) is 0 Å². The maximum atomic E-state index is 11.1. The molecule has 0 aromatic heterocycles. The molecule has 2 saturated carbocycles. The fraction of sp³-hybridized carbons (Fsp3) is 0.690. The molecule has 0 radical (unpaired) electrons. The molecule has 0 amide bonds. The zero-order valence-corrected chi connectivity index (χ0v) is 42.9. The van der Waals surface area contributed by atoms with Crippen molar-refractivity contribution in [3.8, 4) is 17.2 Å². The summed E-state index contributed by atoms with van der Waals surface area (Å²) in [5.74, 6) is 4.59. The van der Waals surface area contributed by atoms with Crippen LogP contribution in [0.2, 0.25) is 0 Å². The Balaban J connectivity index is 0.000000303. The van der Waals surface area contributed by atoms with Crippen LogP contribution in [-0.2, 0) is 51.8 Å². The normalized spacial score (nSPS) is 20.9. The Morgan fingerprint density at radius 3 is 0.656 bits per heavy atom. The Kier molecular flexibility index (Phi) is 15.5. The van der Waals surface area contributed by atoms with E-state index in [0.717, 1.165) is 58.1 Å². The summed E-state index contributed by atoms with van der Waals surface area (Å²) in [6, 6.07) is 13.6. The van der Waals surface area contributed by atoms with Gasteiger partial charge < -0.3 is 15.3 Å². The molecule has 0 spiro atoms. The molecule has 2 aliphatic carbocycles. The van der Waals surface area contributed by atoms with E-state index in [-0.39, 0.29) is 32.5 Å². The van der Waals surface area contributed by atoms with Crippen molar-refractivity contribution in [2.24, 2.45) is 23.7 Å². The Hall–Kier alpha value is -2.94. The van der Waals surface area contributed by atoms with Crippen LogP contribution in [0.15, 0.2) is 36.4 Å². The summed E-state index contributed by atoms with van der Waals surface area (Å²) in [6.07, 6.45) is 13.9. The van der Waals surface area contributed by atoms with Crippen molar-refractivity contribution in [3.05, 3.63) is 86.5 Å². The van der Waals surface area contributed by atoms with Crippen molar-refractivity contribution >= 4 is 0 Å². The van der Waals surface area contributed by atoms with Crippen LogP contribution in [-0.4, -0.2) is 15.3 Å². The van der Waals surface area contributed by atoms with E-state index in [1.807, 2.05) is 0 Å². The van der Waals surface area contributed by atoms with Gasteiger partial charge in [-0.2, -0.15) is 0 Å². The maximum absolute atomic E-state index is 11.1. The lowest BCUT2D eigenvalue weighted by Gasteiger charge is -2.32. The van der Waals surface area contributed by atoms with E-state index in [2.05, 4.69) is 168 Å². The van der Waals surface area contributed by atoms with Crippen LogP contribution in [0.25, 0.3) is 0 Å². The highest BCUT2D eigenvalue weighted by Crippen LogP contribution is 2.45. The largest absolute Gasteiger partial charge is 0.507 e. The third-order valence-electron chi connectivity index (χ3n) is 14.0. The molecular weight excluding hydrogens is 745 g/mol. The van der Waals surface area contributed by atoms with Crippen LogP contribution in [0.4, 0.5) is 0 Å². The third kappa shape index (κ3) is 13.5. The van der Waals surface area contributed by atoms with Gasteiger partial charge in [0.25, 0.3) is 0 Å². The molecule has 61 heavy (non-hydrogen) atoms. The molecule has 0 aliphatic heterocycles. The first-order valence-corrected chi connectivity index (χ1v) is 24.3. The number of benzene rings is 3. The number of hydrogen-bond acceptors (Lipinski definition) is 3. The molecule has 0 bridgehead atoms. The molecule has 3 aromatic carbocycles. The summed E-state index contributed by atoms with van der Waals surface area (Å²) >= 11 is 0. The zero-order chi connectivity index (χ0) is 46.3. The van der Waals surface area contributed by atoms with Crippen LogP contribution in [0.1, 0.15) is 233 Å². The summed E-state index contributed by atoms with van der Waals surface area (Å²) in [7, 11) is 0. The second kappa shape index (κ2) is 18.6. The van der Waals surface area contributed by atoms with Crippen LogP contribution >= 0.6 is 0 Å². The smallest absolute Gasteiger partial charge is 0.123 e. The molecule has 3 heteroatoms. The Morgan fingerprint density at radius 2 is 0.492 bits per heavy atom. The van der Waals surface area contributed by atoms with Crippen molar-refractivity contribution < 1.29 is 15.3 Å². The molecule has 3 nitrogen and oxygen atoms in total. The quantitative estimate of drug-likeness (QED) is 0.232. The first-order valence-electron chi connectivity index (χ1n) is 24.3. The summed E-state index contributed by atoms with van der Waals surface area (Å²) in [5.41, 5.74) is 10.3. The van der Waals surface area contributed by atoms with Gasteiger partial charge in [0.1, 0.15) is 17.2 Å². The molecule has 2 aliphatic rings. The van der Waals surface area contributed by atoms with E-state index in [0.29, 0.717) is 29.1 Å². The first-order chi connectivity index (χ1) is 27.7. The number of phenolic OH excluding ortho intramolecular Hbond substituents is 3. The number of rotatable bonds is 6. The van der Waals surface area contributed by atoms with Crippen LogP contribution < -0.4 is 0 Å². The van der Waals surface area contributed by atoms with Gasteiger partial charge in [0.2, 0.25) is 0 Å². The minimum Gasteiger partial charge on any atom is -0.507 e. The molecule has 5 rings (SSSR count). The highest BCUT2D eigenvalue weighted by Gasteiger charge is 2.31. The van der Waals surface area contributed by atoms with Crippen LogP contribution in [0, 0.1) is 23.7 Å². The van der Waals surface area contributed by atoms with E-state index >= 15 is 0 Å². The van der Waals surface area contributed by atoms with Crippen molar-refractivity contribution in [3.63, 3.8) is 0 Å². The zero-order valence-electron chi connectivity index (χ0n) is 42.9. The van der Waals surface area contributed by atoms with E-state index < -0.39 is 0 Å². The lowest BCUT2D eigenvalue weighted by molar-refractivity contribution is 0.272. The highest BCUT2D eigenvalue weighted by atomic mass is 16.3. The Morgan fingerprint density at radius 1 is 0.328 bits per heavy atom. The van der Waals surface area contributed by atoms with Crippen LogP contribution in [0.3, 0.4) is 0 Å². The molecule has 3 N–H and O–H groups in total. The molecule has 2 fully saturated rings. The molecule has 342 valence electrons. The van der Waals surface area contributed by atoms with Gasteiger partial charge in [0, 0.05) is 0 Å². The predicted octanol–water partition coefficient (Wildman–Crippen LogP) is 16.2. The second-order valence-corrected chi connectivity index (χ2v) is 26.2. The predicted molar refractivity (Wildman–Crippen MR) is 264 cm³/mol. The molecule has 0 heterocycles. The molecule has 0 atom stereocenters. The number of hydrogen-bond donors (Lipinski definition) is 3. The van der Waals surface area contributed by atoms with Gasteiger partial charge in [-0.15, -0.1) is 0 Å². The van der Waals surface area contributed by atoms with Gasteiger partial charge >= 0.3 is 0 Å². The second-order valence-electron chi connectivity index (χ2n) is 26.2. The fourth-order valence-corrected chi connectivity index (χ4v) is 10.0. The van der Waals surface area contributed by atoms with Gasteiger partial charge in [-0.05, 0) is 164 Å². The SMILES string of the molecule is CC(C)(C)c1cc(CC2CCC(Cc3cc(C(C)(C)C)c(O)c(C(C)(C)C)c3)CC2)cc(C(C)(C)C)c1O.CC1CCC(Cc2cc(C(C)(C)C)c(O)c(C(C)(C)C)c2)CC1. The minimum absolute atomic E-state index is 0.0266. The monoisotopic (exact) mass is 837 g/mol. The molecular formula is C58H92O3. The fourth-order valence-electron chi connectivity index (χ4n) is 10.0. The lowest BCUT2D eigenvalue weighted by Crippen LogP contribution is -2.21. The standard InChI is InChI=1S/C36H56O2.C22H36O/c1-33(2,3)27-19-25(20-28(31(27)37)34(4,5)6)17-23-13-15-24(16-14-23)18-26-21-29(35(7,8)9)32(38)30(22-26)36(10,11)12;1-15-8-10-16(11-9-15)12-17-13-18(21(2,3)4)20(23)19(14-17)22(5,6)7/h19-24,37-38H,13-18H2,1-12H3;13-16,23H,8-12H2,1-7H3. The van der Waals surface area contributed by atoms with Gasteiger partial charge in [-0.1, -0.05) is 181 Å². The Bertz CT molecular complexity index is 1720. The van der Waals surface area contributed by atoms with Gasteiger partial charge in [-0.25, -0.2) is 0 Å². The van der Waals surface area contributed by atoms with E-state index in [9.17, 15) is 15.3 Å². The van der Waals surface area contributed by atoms with Gasteiger partial charge in [0.15, 0.2) is 0 Å². The van der Waals surface area contributed by atoms with Crippen molar-refractivity contribution in [1.82, 2.24) is 0 Å². The number of aromatic hydroxyl groups is 3. The third-order valence-corrected chi connectivity index (χ3v) is 14.0. The van der Waals surface area contributed by atoms with Crippen molar-refractivity contribution in [1.29, 1.82) is 0 Å². The lowest BCUT2D eigenvalue weighted by atomic mass is 9.73. The van der Waals surface area contributed by atoms with Gasteiger partial charge in [-0.3, -0.25) is 0 Å². The van der Waals surface area contributed by atoms with Gasteiger partial charge in [0.05, 0.1) is 0 Å². The summed E-state index contributed by atoms with van der Waals surface area (Å²) in [4.78, 5) is 0. The van der Waals surface area contributed by atoms with E-state index in [1.54, 1.807) is 0 Å². The average molecular weight is 837 g/mol. The Labute approximate surface area is 376 Å². The highest BCUT2D eigenvalue weighted by molar-refractivity contribution is 5.52. The first kappa shape index (κ1) is 50.7. The summed E-state index contributed by atoms with van der Waals surface area (Å²) < 4.78 is 0. The summed E-state index contributed by atoms with van der Waals surface area (Å²) in [6.45, 7) is 41.9. The van der Waals surface area contributed by atoms with Crippen molar-refractivity contribution in [2.45, 2.75) is 235 Å². The summed E-state index contributed by atoms with van der Waals surface area (Å²) in [5, 5.41) is 33.0. The number of phenols is 3. The van der Waals surface area contributed by atoms with E-state index in [4.69, 9.17) is 0 Å². The molecule has 3 aromatic rings. The maximum Gasteiger partial charge on any atom is 0.123 e. The topological polar surface area (TPSA) is 60.7 Å². The molecule has 0 saturated heterocycles. The average Bonchev–Trinajstić information content (AvgIpc) is 3.09. The van der Waals surface area contributed by atoms with E-state index in [1.165, 1.54) is 74.5 Å². The minimum atomic E-state index is -0.0836.